The Bertz CT molecular complexity index is 1120. The maximum absolute atomic E-state index is 12.4. The lowest BCUT2D eigenvalue weighted by Crippen LogP contribution is -2.17. The molecular formula is C23H24N4O3. The van der Waals surface area contributed by atoms with E-state index in [1.165, 1.54) is 0 Å². The van der Waals surface area contributed by atoms with Crippen molar-refractivity contribution in [2.75, 3.05) is 7.05 Å². The Morgan fingerprint density at radius 3 is 2.77 bits per heavy atom. The molecule has 0 unspecified atom stereocenters. The Hall–Kier alpha value is -3.48. The molecule has 1 aromatic carbocycles. The van der Waals surface area contributed by atoms with Gasteiger partial charge in [-0.1, -0.05) is 18.2 Å². The molecule has 0 saturated carbocycles. The minimum atomic E-state index is -0.773. The molecule has 0 atom stereocenters. The SMILES string of the molecule is Cc1ccc(-c2cnn(CCCCC(=O)O)c2)c(-c2ccc3c(c2)C(=O)N(C)C3)n1. The molecule has 1 aliphatic rings. The van der Waals surface area contributed by atoms with Gasteiger partial charge in [0, 0.05) is 60.7 Å². The zero-order valence-corrected chi connectivity index (χ0v) is 17.1. The van der Waals surface area contributed by atoms with Crippen LogP contribution in [0.3, 0.4) is 0 Å². The second-order valence-corrected chi connectivity index (χ2v) is 7.72. The molecule has 1 aliphatic heterocycles. The first-order valence-electron chi connectivity index (χ1n) is 10.0. The lowest BCUT2D eigenvalue weighted by molar-refractivity contribution is -0.137. The van der Waals surface area contributed by atoms with Crippen molar-refractivity contribution in [2.45, 2.75) is 39.3 Å². The topological polar surface area (TPSA) is 88.3 Å². The van der Waals surface area contributed by atoms with Gasteiger partial charge in [0.25, 0.3) is 5.91 Å². The highest BCUT2D eigenvalue weighted by Crippen LogP contribution is 2.33. The van der Waals surface area contributed by atoms with Crippen LogP contribution < -0.4 is 0 Å². The van der Waals surface area contributed by atoms with Crippen LogP contribution in [0.2, 0.25) is 0 Å². The minimum absolute atomic E-state index is 0.0373. The molecule has 4 rings (SSSR count). The zero-order valence-electron chi connectivity index (χ0n) is 17.1. The molecule has 7 heteroatoms. The predicted octanol–water partition coefficient (Wildman–Crippen LogP) is 3.76. The van der Waals surface area contributed by atoms with Gasteiger partial charge >= 0.3 is 5.97 Å². The van der Waals surface area contributed by atoms with E-state index in [1.807, 2.05) is 55.2 Å². The number of aliphatic carboxylic acids is 1. The van der Waals surface area contributed by atoms with Gasteiger partial charge in [0.2, 0.25) is 0 Å². The molecular weight excluding hydrogens is 380 g/mol. The Morgan fingerprint density at radius 2 is 1.97 bits per heavy atom. The number of rotatable bonds is 7. The van der Waals surface area contributed by atoms with Crippen LogP contribution in [0.4, 0.5) is 0 Å². The standard InChI is InChI=1S/C23H24N4O3/c1-15-6-9-19(18-12-24-27(14-18)10-4-3-5-21(28)29)22(25-15)16-7-8-17-13-26(2)23(30)20(17)11-16/h6-9,11-12,14H,3-5,10,13H2,1-2H3,(H,28,29). The van der Waals surface area contributed by atoms with Gasteiger partial charge in [-0.05, 0) is 37.5 Å². The molecule has 0 saturated heterocycles. The van der Waals surface area contributed by atoms with E-state index in [0.29, 0.717) is 19.5 Å². The average Bonchev–Trinajstić information content (AvgIpc) is 3.30. The van der Waals surface area contributed by atoms with E-state index in [2.05, 4.69) is 5.10 Å². The first-order valence-corrected chi connectivity index (χ1v) is 10.0. The second kappa shape index (κ2) is 8.10. The average molecular weight is 404 g/mol. The summed E-state index contributed by atoms with van der Waals surface area (Å²) in [6, 6.07) is 9.96. The van der Waals surface area contributed by atoms with Gasteiger partial charge in [-0.3, -0.25) is 19.3 Å². The number of fused-ring (bicyclic) bond motifs is 1. The van der Waals surface area contributed by atoms with Crippen molar-refractivity contribution in [3.63, 3.8) is 0 Å². The van der Waals surface area contributed by atoms with E-state index in [1.54, 1.807) is 11.1 Å². The number of carbonyl (C=O) groups excluding carboxylic acids is 1. The number of carboxylic acid groups (broad SMARTS) is 1. The van der Waals surface area contributed by atoms with Crippen molar-refractivity contribution in [1.29, 1.82) is 0 Å². The van der Waals surface area contributed by atoms with Crippen LogP contribution >= 0.6 is 0 Å². The normalized spacial score (nSPS) is 13.0. The first kappa shape index (κ1) is 19.8. The Morgan fingerprint density at radius 1 is 1.13 bits per heavy atom. The molecule has 1 amide bonds. The van der Waals surface area contributed by atoms with Crippen LogP contribution in [-0.2, 0) is 17.9 Å². The third-order valence-corrected chi connectivity index (χ3v) is 5.37. The van der Waals surface area contributed by atoms with Crippen molar-refractivity contribution in [2.24, 2.45) is 0 Å². The molecule has 0 aliphatic carbocycles. The van der Waals surface area contributed by atoms with Crippen molar-refractivity contribution in [1.82, 2.24) is 19.7 Å². The van der Waals surface area contributed by atoms with Gasteiger partial charge in [-0.15, -0.1) is 0 Å². The fourth-order valence-corrected chi connectivity index (χ4v) is 3.78. The van der Waals surface area contributed by atoms with Gasteiger partial charge in [0.15, 0.2) is 0 Å². The van der Waals surface area contributed by atoms with E-state index in [4.69, 9.17) is 10.1 Å². The van der Waals surface area contributed by atoms with E-state index in [9.17, 15) is 9.59 Å². The van der Waals surface area contributed by atoms with Crippen LogP contribution in [0.1, 0.15) is 40.9 Å². The molecule has 7 nitrogen and oxygen atoms in total. The fourth-order valence-electron chi connectivity index (χ4n) is 3.78. The largest absolute Gasteiger partial charge is 0.481 e. The van der Waals surface area contributed by atoms with Gasteiger partial charge in [0.1, 0.15) is 0 Å². The van der Waals surface area contributed by atoms with Crippen LogP contribution in [0.25, 0.3) is 22.4 Å². The maximum atomic E-state index is 12.4. The minimum Gasteiger partial charge on any atom is -0.481 e. The van der Waals surface area contributed by atoms with E-state index in [-0.39, 0.29) is 12.3 Å². The number of benzene rings is 1. The number of pyridine rings is 1. The van der Waals surface area contributed by atoms with Crippen molar-refractivity contribution in [3.8, 4) is 22.4 Å². The van der Waals surface area contributed by atoms with Gasteiger partial charge < -0.3 is 10.0 Å². The number of hydrogen-bond donors (Lipinski definition) is 1. The molecule has 3 heterocycles. The lowest BCUT2D eigenvalue weighted by atomic mass is 9.98. The molecule has 30 heavy (non-hydrogen) atoms. The molecule has 0 spiro atoms. The highest BCUT2D eigenvalue weighted by Gasteiger charge is 2.25. The van der Waals surface area contributed by atoms with Crippen LogP contribution in [0, 0.1) is 6.92 Å². The molecule has 0 bridgehead atoms. The molecule has 3 aromatic rings. The highest BCUT2D eigenvalue weighted by molar-refractivity contribution is 5.99. The Kier molecular flexibility index (Phi) is 5.35. The number of hydrogen-bond acceptors (Lipinski definition) is 4. The van der Waals surface area contributed by atoms with Gasteiger partial charge in [-0.25, -0.2) is 0 Å². The molecule has 0 fully saturated rings. The summed E-state index contributed by atoms with van der Waals surface area (Å²) in [4.78, 5) is 29.6. The van der Waals surface area contributed by atoms with Crippen LogP contribution in [-0.4, -0.2) is 43.7 Å². The Labute approximate surface area is 175 Å². The first-order chi connectivity index (χ1) is 14.4. The van der Waals surface area contributed by atoms with Crippen molar-refractivity contribution >= 4 is 11.9 Å². The quantitative estimate of drug-likeness (QED) is 0.606. The van der Waals surface area contributed by atoms with E-state index >= 15 is 0 Å². The monoisotopic (exact) mass is 404 g/mol. The summed E-state index contributed by atoms with van der Waals surface area (Å²) < 4.78 is 1.84. The van der Waals surface area contributed by atoms with Crippen LogP contribution in [0.5, 0.6) is 0 Å². The summed E-state index contributed by atoms with van der Waals surface area (Å²) in [5.41, 5.74) is 6.30. The van der Waals surface area contributed by atoms with Crippen molar-refractivity contribution < 1.29 is 14.7 Å². The summed E-state index contributed by atoms with van der Waals surface area (Å²) in [6.45, 7) is 3.25. The zero-order chi connectivity index (χ0) is 21.3. The summed E-state index contributed by atoms with van der Waals surface area (Å²) in [5, 5.41) is 13.2. The second-order valence-electron chi connectivity index (χ2n) is 7.72. The Balaban J connectivity index is 1.63. The van der Waals surface area contributed by atoms with Gasteiger partial charge in [-0.2, -0.15) is 5.10 Å². The molecule has 0 radical (unpaired) electrons. The predicted molar refractivity (Wildman–Crippen MR) is 113 cm³/mol. The smallest absolute Gasteiger partial charge is 0.303 e. The van der Waals surface area contributed by atoms with Crippen molar-refractivity contribution in [3.05, 3.63) is 59.5 Å². The maximum Gasteiger partial charge on any atom is 0.303 e. The summed E-state index contributed by atoms with van der Waals surface area (Å²) >= 11 is 0. The molecule has 1 N–H and O–H groups in total. The highest BCUT2D eigenvalue weighted by atomic mass is 16.4. The summed E-state index contributed by atoms with van der Waals surface area (Å²) in [6.07, 6.45) is 5.32. The lowest BCUT2D eigenvalue weighted by Gasteiger charge is -2.10. The summed E-state index contributed by atoms with van der Waals surface area (Å²) in [5.74, 6) is -0.735. The number of nitrogens with zero attached hydrogens (tertiary/aromatic N) is 4. The number of carbonyl (C=O) groups is 2. The fraction of sp³-hybridized carbons (Fsp3) is 0.304. The number of aryl methyl sites for hydroxylation is 2. The van der Waals surface area contributed by atoms with Gasteiger partial charge in [0.05, 0.1) is 11.9 Å². The molecule has 2 aromatic heterocycles. The third kappa shape index (κ3) is 3.96. The summed E-state index contributed by atoms with van der Waals surface area (Å²) in [7, 11) is 1.81. The number of unbranched alkanes of at least 4 members (excludes halogenated alkanes) is 1. The number of amides is 1. The van der Waals surface area contributed by atoms with E-state index < -0.39 is 5.97 Å². The van der Waals surface area contributed by atoms with E-state index in [0.717, 1.165) is 45.6 Å². The number of aromatic nitrogens is 3. The number of carboxylic acids is 1. The third-order valence-electron chi connectivity index (χ3n) is 5.37. The van der Waals surface area contributed by atoms with Crippen LogP contribution in [0.15, 0.2) is 42.7 Å². The molecule has 154 valence electrons.